The Kier molecular flexibility index (Phi) is 75.0. The van der Waals surface area contributed by atoms with Crippen molar-refractivity contribution in [1.29, 1.82) is 0 Å². The maximum absolute atomic E-state index is 13.1. The van der Waals surface area contributed by atoms with E-state index < -0.39 is 97.5 Å². The number of aliphatic hydroxyl groups is 1. The molecule has 0 saturated carbocycles. The van der Waals surface area contributed by atoms with Crippen molar-refractivity contribution < 1.29 is 80.2 Å². The molecule has 0 fully saturated rings. The Morgan fingerprint density at radius 2 is 0.500 bits per heavy atom. The van der Waals surface area contributed by atoms with Gasteiger partial charge in [-0.3, -0.25) is 37.3 Å². The number of hydrogen-bond donors (Lipinski definition) is 3. The number of allylic oxidation sites excluding steroid dienone is 30. The Morgan fingerprint density at radius 1 is 0.269 bits per heavy atom. The maximum atomic E-state index is 13.1. The summed E-state index contributed by atoms with van der Waals surface area (Å²) < 4.78 is 68.6. The molecular weight excluding hydrogens is 1400 g/mol. The molecule has 0 aromatic heterocycles. The smallest absolute Gasteiger partial charge is 0.462 e. The van der Waals surface area contributed by atoms with Gasteiger partial charge in [0.25, 0.3) is 0 Å². The first-order valence-electron chi connectivity index (χ1n) is 41.0. The Hall–Kier alpha value is -5.84. The van der Waals surface area contributed by atoms with Crippen molar-refractivity contribution in [3.8, 4) is 0 Å². The molecule has 5 atom stereocenters. The zero-order valence-corrected chi connectivity index (χ0v) is 68.7. The molecule has 0 aliphatic heterocycles. The highest BCUT2D eigenvalue weighted by Gasteiger charge is 2.30. The molecule has 3 N–H and O–H groups in total. The van der Waals surface area contributed by atoms with Crippen molar-refractivity contribution in [1.82, 2.24) is 0 Å². The average Bonchev–Trinajstić information content (AvgIpc) is 0.892. The van der Waals surface area contributed by atoms with E-state index in [9.17, 15) is 43.2 Å². The highest BCUT2D eigenvalue weighted by molar-refractivity contribution is 7.47. The van der Waals surface area contributed by atoms with Crippen molar-refractivity contribution in [2.75, 3.05) is 39.6 Å². The highest BCUT2D eigenvalue weighted by Crippen LogP contribution is 2.45. The van der Waals surface area contributed by atoms with Gasteiger partial charge >= 0.3 is 39.5 Å². The summed E-state index contributed by atoms with van der Waals surface area (Å²) in [5, 5.41) is 10.7. The van der Waals surface area contributed by atoms with Crippen molar-refractivity contribution in [3.63, 3.8) is 0 Å². The standard InChI is InChI=1S/C89H144O17P2/c1-5-9-13-17-21-25-29-33-36-39-41-44-47-51-54-58-62-66-70-74-87(92)100-80-85(106-89(94)76-72-68-64-60-56-52-48-45-42-40-37-34-30-26-22-18-14-10-6-2)82-104-108(97,98)102-78-83(90)77-101-107(95,96)103-81-84(105-88(93)75-71-67-63-59-55-49-32-28-24-20-16-12-8-4)79-99-86(91)73-69-65-61-57-53-50-46-43-38-35-31-27-23-19-15-11-7-3/h9-11,13-15,21-23,25-28,32-38,41-42,44-46,50-51,54,62,66,83-85,90H,5-8,12,16-20,24,29-31,39-40,43,47-49,52-53,55-61,63-65,67-82H2,1-4H3,(H,95,96)(H,97,98)/b13-9-,14-10-,15-11-,25-21-,26-22-,27-23-,32-28-,36-33-,37-34-,38-35-,44-41-,45-42-,50-46-,54-51-,66-62-. The first kappa shape index (κ1) is 102. The fraction of sp³-hybridized carbons (Fsp3) is 0.618. The van der Waals surface area contributed by atoms with Gasteiger partial charge in [0.05, 0.1) is 26.4 Å². The van der Waals surface area contributed by atoms with Crippen LogP contribution >= 0.6 is 15.6 Å². The third-order valence-electron chi connectivity index (χ3n) is 16.4. The van der Waals surface area contributed by atoms with Crippen molar-refractivity contribution in [2.24, 2.45) is 0 Å². The Bertz CT molecular complexity index is 2760. The van der Waals surface area contributed by atoms with Crippen LogP contribution in [0, 0.1) is 0 Å². The molecule has 0 aromatic rings. The fourth-order valence-electron chi connectivity index (χ4n) is 10.2. The Balaban J connectivity index is 5.49. The molecular formula is C89H144O17P2. The van der Waals surface area contributed by atoms with Crippen LogP contribution in [0.15, 0.2) is 182 Å². The lowest BCUT2D eigenvalue weighted by Crippen LogP contribution is -2.30. The second-order valence-corrected chi connectivity index (χ2v) is 29.5. The number of esters is 4. The van der Waals surface area contributed by atoms with Gasteiger partial charge in [0.2, 0.25) is 0 Å². The molecule has 0 aliphatic carbocycles. The molecule has 0 heterocycles. The topological polar surface area (TPSA) is 237 Å². The molecule has 0 spiro atoms. The molecule has 5 unspecified atom stereocenters. The zero-order valence-electron chi connectivity index (χ0n) is 66.9. The number of ether oxygens (including phenoxy) is 4. The van der Waals surface area contributed by atoms with Gasteiger partial charge in [0.1, 0.15) is 19.3 Å². The monoisotopic (exact) mass is 1550 g/mol. The quantitative estimate of drug-likeness (QED) is 0.0169. The largest absolute Gasteiger partial charge is 0.472 e. The van der Waals surface area contributed by atoms with Gasteiger partial charge in [-0.2, -0.15) is 0 Å². The van der Waals surface area contributed by atoms with E-state index in [2.05, 4.69) is 192 Å². The number of phosphoric ester groups is 2. The molecule has 0 radical (unpaired) electrons. The molecule has 0 aliphatic rings. The number of unbranched alkanes of at least 4 members (excludes halogenated alkanes) is 19. The van der Waals surface area contributed by atoms with E-state index in [0.29, 0.717) is 32.1 Å². The minimum Gasteiger partial charge on any atom is -0.462 e. The molecule has 612 valence electrons. The fourth-order valence-corrected chi connectivity index (χ4v) is 11.8. The van der Waals surface area contributed by atoms with Gasteiger partial charge in [-0.05, 0) is 167 Å². The lowest BCUT2D eigenvalue weighted by molar-refractivity contribution is -0.161. The van der Waals surface area contributed by atoms with Gasteiger partial charge in [-0.15, -0.1) is 0 Å². The van der Waals surface area contributed by atoms with E-state index in [4.69, 9.17) is 37.0 Å². The molecule has 19 heteroatoms. The minimum absolute atomic E-state index is 0.0256. The minimum atomic E-state index is -5.01. The number of aliphatic hydroxyl groups excluding tert-OH is 1. The van der Waals surface area contributed by atoms with Crippen LogP contribution in [0.3, 0.4) is 0 Å². The van der Waals surface area contributed by atoms with Crippen LogP contribution < -0.4 is 0 Å². The number of rotatable bonds is 75. The molecule has 0 aromatic carbocycles. The van der Waals surface area contributed by atoms with Crippen LogP contribution in [-0.2, 0) is 65.4 Å². The van der Waals surface area contributed by atoms with E-state index >= 15 is 0 Å². The lowest BCUT2D eigenvalue weighted by Gasteiger charge is -2.21. The zero-order chi connectivity index (χ0) is 78.9. The van der Waals surface area contributed by atoms with Crippen molar-refractivity contribution >= 4 is 39.5 Å². The van der Waals surface area contributed by atoms with Gasteiger partial charge in [-0.1, -0.05) is 287 Å². The summed E-state index contributed by atoms with van der Waals surface area (Å²) >= 11 is 0. The summed E-state index contributed by atoms with van der Waals surface area (Å²) in [6.07, 6.45) is 95.9. The summed E-state index contributed by atoms with van der Waals surface area (Å²) in [6, 6.07) is 0. The van der Waals surface area contributed by atoms with Crippen LogP contribution in [0.2, 0.25) is 0 Å². The third-order valence-corrected chi connectivity index (χ3v) is 18.3. The van der Waals surface area contributed by atoms with Crippen LogP contribution in [0.5, 0.6) is 0 Å². The number of phosphoric acid groups is 2. The highest BCUT2D eigenvalue weighted by atomic mass is 31.2. The summed E-state index contributed by atoms with van der Waals surface area (Å²) in [4.78, 5) is 73.1. The SMILES string of the molecule is CC/C=C\C/C=C\C/C=C\C/C=C\C/C=C\C/C=C\CCC(=O)OCC(COP(=O)(O)OCC(O)COP(=O)(O)OCC(COC(=O)CCCCCC/C=C\C/C=C\C/C=C\C/C=C\CC)OC(=O)CCCCCCC/C=C\CCCCCC)OC(=O)CCCCCCCC/C=C\C/C=C\C/C=C\C/C=C\CC. The van der Waals surface area contributed by atoms with Gasteiger partial charge < -0.3 is 33.8 Å². The molecule has 0 amide bonds. The number of hydrogen-bond acceptors (Lipinski definition) is 15. The van der Waals surface area contributed by atoms with Crippen molar-refractivity contribution in [2.45, 2.75) is 316 Å². The molecule has 0 bridgehead atoms. The van der Waals surface area contributed by atoms with E-state index in [-0.39, 0.29) is 25.7 Å². The summed E-state index contributed by atoms with van der Waals surface area (Å²) in [7, 11) is -10.0. The summed E-state index contributed by atoms with van der Waals surface area (Å²) in [5.41, 5.74) is 0. The van der Waals surface area contributed by atoms with Gasteiger partial charge in [0, 0.05) is 25.7 Å². The van der Waals surface area contributed by atoms with Crippen LogP contribution in [-0.4, -0.2) is 96.7 Å². The third kappa shape index (κ3) is 78.3. The van der Waals surface area contributed by atoms with E-state index in [1.807, 2.05) is 18.2 Å². The van der Waals surface area contributed by atoms with E-state index in [1.54, 1.807) is 0 Å². The van der Waals surface area contributed by atoms with E-state index in [1.165, 1.54) is 25.7 Å². The number of carbonyl (C=O) groups excluding carboxylic acids is 4. The second kappa shape index (κ2) is 79.3. The second-order valence-electron chi connectivity index (χ2n) is 26.6. The average molecular weight is 1550 g/mol. The summed E-state index contributed by atoms with van der Waals surface area (Å²) in [5.74, 6) is -2.34. The Labute approximate surface area is 654 Å². The van der Waals surface area contributed by atoms with Crippen LogP contribution in [0.25, 0.3) is 0 Å². The van der Waals surface area contributed by atoms with Gasteiger partial charge in [-0.25, -0.2) is 9.13 Å². The first-order valence-corrected chi connectivity index (χ1v) is 44.0. The summed E-state index contributed by atoms with van der Waals surface area (Å²) in [6.45, 7) is 4.37. The predicted molar refractivity (Wildman–Crippen MR) is 445 cm³/mol. The molecule has 0 rings (SSSR count). The predicted octanol–water partition coefficient (Wildman–Crippen LogP) is 24.3. The van der Waals surface area contributed by atoms with E-state index in [0.717, 1.165) is 186 Å². The molecule has 17 nitrogen and oxygen atoms in total. The van der Waals surface area contributed by atoms with Crippen LogP contribution in [0.4, 0.5) is 0 Å². The van der Waals surface area contributed by atoms with Crippen molar-refractivity contribution in [3.05, 3.63) is 182 Å². The van der Waals surface area contributed by atoms with Gasteiger partial charge in [0.15, 0.2) is 12.2 Å². The normalized spacial score (nSPS) is 14.8. The molecule has 0 saturated heterocycles. The molecule has 108 heavy (non-hydrogen) atoms. The maximum Gasteiger partial charge on any atom is 0.472 e. The lowest BCUT2D eigenvalue weighted by atomic mass is 10.1. The number of carbonyl (C=O) groups is 4. The first-order chi connectivity index (χ1) is 52.7. The van der Waals surface area contributed by atoms with Crippen LogP contribution in [0.1, 0.15) is 297 Å². The Morgan fingerprint density at radius 3 is 0.806 bits per heavy atom.